The van der Waals surface area contributed by atoms with Crippen LogP contribution in [0.15, 0.2) is 42.5 Å². The van der Waals surface area contributed by atoms with E-state index in [-0.39, 0.29) is 5.97 Å². The van der Waals surface area contributed by atoms with Crippen LogP contribution in [0.25, 0.3) is 22.0 Å². The van der Waals surface area contributed by atoms with Crippen molar-refractivity contribution in [1.29, 1.82) is 0 Å². The number of methoxy groups -OCH3 is 1. The van der Waals surface area contributed by atoms with Gasteiger partial charge in [-0.05, 0) is 49.7 Å². The van der Waals surface area contributed by atoms with Crippen molar-refractivity contribution in [2.45, 2.75) is 13.8 Å². The molecular weight excluding hydrogens is 318 g/mol. The highest BCUT2D eigenvalue weighted by Gasteiger charge is 2.20. The summed E-state index contributed by atoms with van der Waals surface area (Å²) in [4.78, 5) is 15.6. The molecule has 0 radical (unpaired) electrons. The van der Waals surface area contributed by atoms with Gasteiger partial charge in [-0.15, -0.1) is 0 Å². The van der Waals surface area contributed by atoms with Gasteiger partial charge in [-0.2, -0.15) is 0 Å². The van der Waals surface area contributed by atoms with Gasteiger partial charge in [0.25, 0.3) is 0 Å². The van der Waals surface area contributed by atoms with E-state index in [4.69, 9.17) is 14.2 Å². The fourth-order valence-electron chi connectivity index (χ4n) is 2.84. The third kappa shape index (κ3) is 3.31. The van der Waals surface area contributed by atoms with E-state index >= 15 is 0 Å². The molecule has 5 nitrogen and oxygen atoms in total. The molecule has 1 aromatic heterocycles. The lowest BCUT2D eigenvalue weighted by molar-refractivity contribution is 0.0521. The van der Waals surface area contributed by atoms with Gasteiger partial charge in [0.15, 0.2) is 0 Å². The number of fused-ring (bicyclic) bond motifs is 1. The summed E-state index contributed by atoms with van der Waals surface area (Å²) in [6, 6.07) is 13.3. The fraction of sp³-hybridized carbons (Fsp3) is 0.250. The van der Waals surface area contributed by atoms with E-state index in [9.17, 15) is 4.79 Å². The Hall–Kier alpha value is -2.95. The number of carbonyl (C=O) groups is 1. The van der Waals surface area contributed by atoms with Crippen LogP contribution in [0.1, 0.15) is 24.3 Å². The average molecular weight is 339 g/mol. The van der Waals surface area contributed by atoms with E-state index in [1.807, 2.05) is 49.4 Å². The number of hydrogen-bond donors (Lipinski definition) is 1. The topological polar surface area (TPSA) is 60.6 Å². The highest BCUT2D eigenvalue weighted by Crippen LogP contribution is 2.35. The lowest BCUT2D eigenvalue weighted by Crippen LogP contribution is -2.06. The smallest absolute Gasteiger partial charge is 0.355 e. The number of H-pyrrole nitrogens is 1. The molecule has 0 aliphatic carbocycles. The Morgan fingerprint density at radius 3 is 2.36 bits per heavy atom. The monoisotopic (exact) mass is 339 g/mol. The van der Waals surface area contributed by atoms with Crippen LogP contribution in [0, 0.1) is 0 Å². The molecule has 0 saturated carbocycles. The number of aromatic nitrogens is 1. The predicted octanol–water partition coefficient (Wildman–Crippen LogP) is 4.42. The van der Waals surface area contributed by atoms with Crippen molar-refractivity contribution in [3.05, 3.63) is 48.2 Å². The zero-order valence-corrected chi connectivity index (χ0v) is 14.6. The summed E-state index contributed by atoms with van der Waals surface area (Å²) in [6.45, 7) is 4.63. The second kappa shape index (κ2) is 7.30. The first-order valence-corrected chi connectivity index (χ1v) is 8.28. The summed E-state index contributed by atoms with van der Waals surface area (Å²) < 4.78 is 16.0. The largest absolute Gasteiger partial charge is 0.497 e. The quantitative estimate of drug-likeness (QED) is 0.675. The third-order valence-electron chi connectivity index (χ3n) is 3.94. The summed E-state index contributed by atoms with van der Waals surface area (Å²) in [5.74, 6) is 1.15. The summed E-state index contributed by atoms with van der Waals surface area (Å²) in [6.07, 6.45) is 0. The Balaban J connectivity index is 2.20. The minimum absolute atomic E-state index is 0.320. The molecular formula is C20H21NO4. The molecule has 3 rings (SSSR count). The van der Waals surface area contributed by atoms with Crippen LogP contribution in [-0.4, -0.2) is 31.3 Å². The van der Waals surface area contributed by atoms with Crippen molar-refractivity contribution in [2.24, 2.45) is 0 Å². The van der Waals surface area contributed by atoms with Gasteiger partial charge >= 0.3 is 5.97 Å². The number of ether oxygens (including phenoxy) is 3. The Morgan fingerprint density at radius 1 is 1.00 bits per heavy atom. The standard InChI is InChI=1S/C20H21NO4/c1-4-24-15-10-11-17-16(12-15)18(19(21-17)20(22)25-5-2)13-6-8-14(23-3)9-7-13/h6-12,21H,4-5H2,1-3H3. The number of carbonyl (C=O) groups excluding carboxylic acids is 1. The van der Waals surface area contributed by atoms with E-state index in [0.29, 0.717) is 18.9 Å². The summed E-state index contributed by atoms with van der Waals surface area (Å²) in [7, 11) is 1.62. The molecule has 0 aliphatic heterocycles. The second-order valence-electron chi connectivity index (χ2n) is 5.46. The number of esters is 1. The molecule has 0 saturated heterocycles. The van der Waals surface area contributed by atoms with E-state index in [2.05, 4.69) is 4.98 Å². The second-order valence-corrected chi connectivity index (χ2v) is 5.46. The van der Waals surface area contributed by atoms with Crippen LogP contribution < -0.4 is 9.47 Å². The molecule has 1 N–H and O–H groups in total. The molecule has 0 aliphatic rings. The number of benzene rings is 2. The van der Waals surface area contributed by atoms with Crippen molar-refractivity contribution in [3.63, 3.8) is 0 Å². The van der Waals surface area contributed by atoms with E-state index < -0.39 is 0 Å². The lowest BCUT2D eigenvalue weighted by atomic mass is 10.0. The minimum Gasteiger partial charge on any atom is -0.497 e. The molecule has 25 heavy (non-hydrogen) atoms. The summed E-state index contributed by atoms with van der Waals surface area (Å²) >= 11 is 0. The van der Waals surface area contributed by atoms with Crippen LogP contribution in [-0.2, 0) is 4.74 Å². The van der Waals surface area contributed by atoms with Gasteiger partial charge in [0, 0.05) is 16.5 Å². The van der Waals surface area contributed by atoms with Crippen molar-refractivity contribution < 1.29 is 19.0 Å². The summed E-state index contributed by atoms with van der Waals surface area (Å²) in [5, 5.41) is 0.916. The van der Waals surface area contributed by atoms with Crippen molar-refractivity contribution in [2.75, 3.05) is 20.3 Å². The van der Waals surface area contributed by atoms with E-state index in [0.717, 1.165) is 33.5 Å². The highest BCUT2D eigenvalue weighted by atomic mass is 16.5. The molecule has 0 atom stereocenters. The highest BCUT2D eigenvalue weighted by molar-refractivity contribution is 6.08. The van der Waals surface area contributed by atoms with E-state index in [1.54, 1.807) is 14.0 Å². The fourth-order valence-corrected chi connectivity index (χ4v) is 2.84. The maximum absolute atomic E-state index is 12.4. The maximum Gasteiger partial charge on any atom is 0.355 e. The molecule has 0 bridgehead atoms. The van der Waals surface area contributed by atoms with Gasteiger partial charge in [-0.3, -0.25) is 0 Å². The van der Waals surface area contributed by atoms with Gasteiger partial charge < -0.3 is 19.2 Å². The number of aromatic amines is 1. The van der Waals surface area contributed by atoms with Crippen LogP contribution in [0.4, 0.5) is 0 Å². The van der Waals surface area contributed by atoms with Gasteiger partial charge in [0.1, 0.15) is 17.2 Å². The Morgan fingerprint density at radius 2 is 1.72 bits per heavy atom. The number of rotatable bonds is 6. The molecule has 2 aromatic carbocycles. The SMILES string of the molecule is CCOC(=O)c1[nH]c2ccc(OCC)cc2c1-c1ccc(OC)cc1. The normalized spacial score (nSPS) is 10.7. The van der Waals surface area contributed by atoms with Crippen LogP contribution in [0.3, 0.4) is 0 Å². The molecule has 0 unspecified atom stereocenters. The third-order valence-corrected chi connectivity index (χ3v) is 3.94. The molecule has 3 aromatic rings. The van der Waals surface area contributed by atoms with Crippen LogP contribution >= 0.6 is 0 Å². The van der Waals surface area contributed by atoms with Gasteiger partial charge in [0.2, 0.25) is 0 Å². The van der Waals surface area contributed by atoms with Crippen molar-refractivity contribution in [1.82, 2.24) is 4.98 Å². The molecule has 0 amide bonds. The Bertz CT molecular complexity index is 881. The zero-order chi connectivity index (χ0) is 17.8. The molecule has 130 valence electrons. The first-order chi connectivity index (χ1) is 12.2. The average Bonchev–Trinajstić information content (AvgIpc) is 3.01. The molecule has 0 spiro atoms. The maximum atomic E-state index is 12.4. The molecule has 1 heterocycles. The number of hydrogen-bond acceptors (Lipinski definition) is 4. The first kappa shape index (κ1) is 16.9. The summed E-state index contributed by atoms with van der Waals surface area (Å²) in [5.41, 5.74) is 3.01. The number of nitrogens with one attached hydrogen (secondary N) is 1. The Kier molecular flexibility index (Phi) is 4.93. The van der Waals surface area contributed by atoms with Gasteiger partial charge in [-0.25, -0.2) is 4.79 Å². The van der Waals surface area contributed by atoms with Gasteiger partial charge in [-0.1, -0.05) is 12.1 Å². The first-order valence-electron chi connectivity index (χ1n) is 8.28. The molecule has 0 fully saturated rings. The van der Waals surface area contributed by atoms with Crippen LogP contribution in [0.5, 0.6) is 11.5 Å². The molecule has 5 heteroatoms. The van der Waals surface area contributed by atoms with Gasteiger partial charge in [0.05, 0.1) is 20.3 Å². The van der Waals surface area contributed by atoms with E-state index in [1.165, 1.54) is 0 Å². The lowest BCUT2D eigenvalue weighted by Gasteiger charge is -2.07. The minimum atomic E-state index is -0.373. The van der Waals surface area contributed by atoms with Crippen molar-refractivity contribution >= 4 is 16.9 Å². The zero-order valence-electron chi connectivity index (χ0n) is 14.6. The van der Waals surface area contributed by atoms with Crippen LogP contribution in [0.2, 0.25) is 0 Å². The predicted molar refractivity (Wildman–Crippen MR) is 97.4 cm³/mol. The Labute approximate surface area is 146 Å². The van der Waals surface area contributed by atoms with Crippen molar-refractivity contribution in [3.8, 4) is 22.6 Å².